The van der Waals surface area contributed by atoms with Crippen LogP contribution in [0.2, 0.25) is 5.02 Å². The van der Waals surface area contributed by atoms with E-state index in [0.717, 1.165) is 0 Å². The van der Waals surface area contributed by atoms with Crippen LogP contribution in [0.15, 0.2) is 47.4 Å². The van der Waals surface area contributed by atoms with Crippen molar-refractivity contribution in [3.8, 4) is 5.75 Å². The lowest BCUT2D eigenvalue weighted by Crippen LogP contribution is -2.23. The minimum Gasteiger partial charge on any atom is -0.495 e. The first-order valence-corrected chi connectivity index (χ1v) is 7.87. The van der Waals surface area contributed by atoms with Gasteiger partial charge in [-0.15, -0.1) is 0 Å². The second kappa shape index (κ2) is 6.43. The second-order valence-corrected chi connectivity index (χ2v) is 6.39. The summed E-state index contributed by atoms with van der Waals surface area (Å²) in [6, 6.07) is 10.1. The summed E-state index contributed by atoms with van der Waals surface area (Å²) in [6.07, 6.45) is 0. The number of methoxy groups -OCH3 is 1. The number of sulfonamides is 1. The number of benzene rings is 2. The average molecular weight is 330 g/mol. The van der Waals surface area contributed by atoms with Crippen LogP contribution < -0.4 is 9.46 Å². The van der Waals surface area contributed by atoms with Crippen molar-refractivity contribution in [2.75, 3.05) is 7.11 Å². The lowest BCUT2D eigenvalue weighted by molar-refractivity contribution is 0.414. The molecule has 0 aliphatic heterocycles. The van der Waals surface area contributed by atoms with Gasteiger partial charge in [0.05, 0.1) is 17.0 Å². The molecule has 0 saturated heterocycles. The summed E-state index contributed by atoms with van der Waals surface area (Å²) < 4.78 is 45.0. The Morgan fingerprint density at radius 3 is 2.57 bits per heavy atom. The lowest BCUT2D eigenvalue weighted by Gasteiger charge is -2.09. The Kier molecular flexibility index (Phi) is 4.82. The van der Waals surface area contributed by atoms with Gasteiger partial charge in [0.2, 0.25) is 10.0 Å². The topological polar surface area (TPSA) is 55.4 Å². The zero-order chi connectivity index (χ0) is 15.5. The molecule has 0 aromatic heterocycles. The maximum atomic E-state index is 13.5. The van der Waals surface area contributed by atoms with E-state index in [1.807, 2.05) is 0 Å². The zero-order valence-corrected chi connectivity index (χ0v) is 12.7. The SMILES string of the molecule is COc1ccc(S(=O)(=O)NCc2ccccc2F)cc1Cl. The summed E-state index contributed by atoms with van der Waals surface area (Å²) in [6.45, 7) is -0.140. The molecule has 0 aliphatic carbocycles. The lowest BCUT2D eigenvalue weighted by atomic mass is 10.2. The highest BCUT2D eigenvalue weighted by molar-refractivity contribution is 7.89. The van der Waals surface area contributed by atoms with E-state index in [0.29, 0.717) is 5.75 Å². The van der Waals surface area contributed by atoms with Crippen molar-refractivity contribution in [2.45, 2.75) is 11.4 Å². The Morgan fingerprint density at radius 2 is 1.95 bits per heavy atom. The quantitative estimate of drug-likeness (QED) is 0.917. The molecule has 2 aromatic rings. The van der Waals surface area contributed by atoms with Crippen molar-refractivity contribution in [2.24, 2.45) is 0 Å². The summed E-state index contributed by atoms with van der Waals surface area (Å²) >= 11 is 5.90. The van der Waals surface area contributed by atoms with Crippen molar-refractivity contribution in [3.63, 3.8) is 0 Å². The van der Waals surface area contributed by atoms with E-state index in [9.17, 15) is 12.8 Å². The van der Waals surface area contributed by atoms with E-state index in [4.69, 9.17) is 16.3 Å². The highest BCUT2D eigenvalue weighted by Crippen LogP contribution is 2.26. The Balaban J connectivity index is 2.19. The van der Waals surface area contributed by atoms with Gasteiger partial charge in [0.25, 0.3) is 0 Å². The van der Waals surface area contributed by atoms with Crippen molar-refractivity contribution in [3.05, 3.63) is 58.9 Å². The number of rotatable bonds is 5. The summed E-state index contributed by atoms with van der Waals surface area (Å²) in [4.78, 5) is -0.00959. The molecule has 1 N–H and O–H groups in total. The van der Waals surface area contributed by atoms with Crippen molar-refractivity contribution in [1.82, 2.24) is 4.72 Å². The Labute approximate surface area is 127 Å². The molecule has 0 fully saturated rings. The molecule has 0 unspecified atom stereocenters. The predicted molar refractivity (Wildman–Crippen MR) is 78.4 cm³/mol. The van der Waals surface area contributed by atoms with E-state index in [1.54, 1.807) is 6.07 Å². The fraction of sp³-hybridized carbons (Fsp3) is 0.143. The molecule has 0 bridgehead atoms. The molecule has 2 rings (SSSR count). The predicted octanol–water partition coefficient (Wildman–Crippen LogP) is 2.97. The van der Waals surface area contributed by atoms with E-state index >= 15 is 0 Å². The third-order valence-corrected chi connectivity index (χ3v) is 4.54. The maximum absolute atomic E-state index is 13.5. The normalized spacial score (nSPS) is 11.4. The first-order chi connectivity index (χ1) is 9.94. The first-order valence-electron chi connectivity index (χ1n) is 6.00. The van der Waals surface area contributed by atoms with Crippen LogP contribution in [0, 0.1) is 5.82 Å². The van der Waals surface area contributed by atoms with Crippen LogP contribution in [0.4, 0.5) is 4.39 Å². The van der Waals surface area contributed by atoms with Crippen LogP contribution in [0.5, 0.6) is 5.75 Å². The van der Waals surface area contributed by atoms with E-state index < -0.39 is 15.8 Å². The standard InChI is InChI=1S/C14H13ClFNO3S/c1-20-14-7-6-11(8-12(14)15)21(18,19)17-9-10-4-2-3-5-13(10)16/h2-8,17H,9H2,1H3. The van der Waals surface area contributed by atoms with Crippen LogP contribution in [-0.4, -0.2) is 15.5 Å². The van der Waals surface area contributed by atoms with Gasteiger partial charge in [-0.05, 0) is 24.3 Å². The second-order valence-electron chi connectivity index (χ2n) is 4.21. The van der Waals surface area contributed by atoms with Crippen LogP contribution in [0.1, 0.15) is 5.56 Å². The molecule has 21 heavy (non-hydrogen) atoms. The minimum atomic E-state index is -3.78. The third-order valence-electron chi connectivity index (χ3n) is 2.84. The van der Waals surface area contributed by atoms with Crippen LogP contribution in [0.3, 0.4) is 0 Å². The molecule has 2 aromatic carbocycles. The molecule has 0 spiro atoms. The van der Waals surface area contributed by atoms with Crippen molar-refractivity contribution >= 4 is 21.6 Å². The van der Waals surface area contributed by atoms with E-state index in [1.165, 1.54) is 43.5 Å². The molecule has 0 saturated carbocycles. The van der Waals surface area contributed by atoms with Gasteiger partial charge in [0, 0.05) is 12.1 Å². The molecule has 0 radical (unpaired) electrons. The summed E-state index contributed by atoms with van der Waals surface area (Å²) in [7, 11) is -2.34. The van der Waals surface area contributed by atoms with Crippen LogP contribution in [-0.2, 0) is 16.6 Å². The summed E-state index contributed by atoms with van der Waals surface area (Å²) in [5.41, 5.74) is 0.265. The number of ether oxygens (including phenoxy) is 1. The Hall–Kier alpha value is -1.63. The highest BCUT2D eigenvalue weighted by Gasteiger charge is 2.16. The van der Waals surface area contributed by atoms with Gasteiger partial charge in [-0.3, -0.25) is 0 Å². The van der Waals surface area contributed by atoms with Gasteiger partial charge in [0.1, 0.15) is 11.6 Å². The first kappa shape index (κ1) is 15.8. The minimum absolute atomic E-state index is 0.00959. The summed E-state index contributed by atoms with van der Waals surface area (Å²) in [5, 5.41) is 0.186. The van der Waals surface area contributed by atoms with Gasteiger partial charge in [-0.2, -0.15) is 0 Å². The number of hydrogen-bond acceptors (Lipinski definition) is 3. The van der Waals surface area contributed by atoms with Gasteiger partial charge >= 0.3 is 0 Å². The van der Waals surface area contributed by atoms with Gasteiger partial charge in [0.15, 0.2) is 0 Å². The fourth-order valence-electron chi connectivity index (χ4n) is 1.71. The highest BCUT2D eigenvalue weighted by atomic mass is 35.5. The Morgan fingerprint density at radius 1 is 1.24 bits per heavy atom. The molecule has 0 aliphatic rings. The summed E-state index contributed by atoms with van der Waals surface area (Å²) in [5.74, 6) is -0.0855. The molecule has 4 nitrogen and oxygen atoms in total. The molecular formula is C14H13ClFNO3S. The smallest absolute Gasteiger partial charge is 0.240 e. The molecule has 7 heteroatoms. The number of nitrogens with one attached hydrogen (secondary N) is 1. The van der Waals surface area contributed by atoms with E-state index in [2.05, 4.69) is 4.72 Å². The van der Waals surface area contributed by atoms with Crippen molar-refractivity contribution in [1.29, 1.82) is 0 Å². The molecule has 0 atom stereocenters. The van der Waals surface area contributed by atoms with Crippen molar-refractivity contribution < 1.29 is 17.5 Å². The number of hydrogen-bond donors (Lipinski definition) is 1. The van der Waals surface area contributed by atoms with Crippen LogP contribution >= 0.6 is 11.6 Å². The third kappa shape index (κ3) is 3.72. The van der Waals surface area contributed by atoms with Gasteiger partial charge in [-0.1, -0.05) is 29.8 Å². The van der Waals surface area contributed by atoms with Crippen LogP contribution in [0.25, 0.3) is 0 Å². The number of halogens is 2. The maximum Gasteiger partial charge on any atom is 0.240 e. The Bertz CT molecular complexity index is 750. The van der Waals surface area contributed by atoms with Gasteiger partial charge < -0.3 is 4.74 Å². The fourth-order valence-corrected chi connectivity index (χ4v) is 3.07. The monoisotopic (exact) mass is 329 g/mol. The molecular weight excluding hydrogens is 317 g/mol. The van der Waals surface area contributed by atoms with Gasteiger partial charge in [-0.25, -0.2) is 17.5 Å². The zero-order valence-electron chi connectivity index (χ0n) is 11.1. The largest absolute Gasteiger partial charge is 0.495 e. The molecule has 112 valence electrons. The van der Waals surface area contributed by atoms with E-state index in [-0.39, 0.29) is 22.0 Å². The molecule has 0 amide bonds. The average Bonchev–Trinajstić information content (AvgIpc) is 2.46. The molecule has 0 heterocycles.